The number of hydrogen-bond acceptors (Lipinski definition) is 7. The van der Waals surface area contributed by atoms with Gasteiger partial charge in [-0.1, -0.05) is 32.5 Å². The summed E-state index contributed by atoms with van der Waals surface area (Å²) in [7, 11) is 1.52. The fraction of sp³-hybridized carbons (Fsp3) is 0.500. The van der Waals surface area contributed by atoms with Crippen LogP contribution in [0.5, 0.6) is 5.75 Å². The molecule has 0 aliphatic heterocycles. The predicted molar refractivity (Wildman–Crippen MR) is 115 cm³/mol. The van der Waals surface area contributed by atoms with Crippen LogP contribution in [-0.2, 0) is 10.2 Å². The molecule has 1 aromatic heterocycles. The molecule has 4 rings (SSSR count). The summed E-state index contributed by atoms with van der Waals surface area (Å²) >= 11 is 1.29. The molecule has 2 aliphatic carbocycles. The number of amides is 1. The van der Waals surface area contributed by atoms with Gasteiger partial charge in [-0.05, 0) is 36.5 Å². The Kier molecular flexibility index (Phi) is 5.08. The monoisotopic (exact) mass is 426 g/mol. The standard InChI is InChI=1S/C22H26N4O3S/c1-12(27)23-15-10-13(6-7-17(15)29-5)16(28)11-30-20-24-19-18(25-26-20)14-8-9-22(19,4)21(14,2)3/h6-7,10,14H,8-9,11H2,1-5H3,(H,23,27). The normalized spacial score (nSPS) is 23.2. The Labute approximate surface area is 180 Å². The second-order valence-electron chi connectivity index (χ2n) is 8.78. The highest BCUT2D eigenvalue weighted by Gasteiger charge is 2.61. The van der Waals surface area contributed by atoms with Gasteiger partial charge in [-0.25, -0.2) is 4.98 Å². The number of anilines is 1. The van der Waals surface area contributed by atoms with Crippen molar-refractivity contribution in [1.29, 1.82) is 0 Å². The van der Waals surface area contributed by atoms with Gasteiger partial charge in [-0.15, -0.1) is 5.10 Å². The second-order valence-corrected chi connectivity index (χ2v) is 9.72. The van der Waals surface area contributed by atoms with E-state index < -0.39 is 0 Å². The molecule has 2 aromatic rings. The van der Waals surface area contributed by atoms with Crippen LogP contribution in [0.2, 0.25) is 0 Å². The van der Waals surface area contributed by atoms with Crippen molar-refractivity contribution in [2.45, 2.75) is 57.0 Å². The van der Waals surface area contributed by atoms with Gasteiger partial charge >= 0.3 is 0 Å². The molecule has 1 fully saturated rings. The smallest absolute Gasteiger partial charge is 0.221 e. The van der Waals surface area contributed by atoms with Gasteiger partial charge in [-0.2, -0.15) is 5.10 Å². The molecule has 1 N–H and O–H groups in total. The Balaban J connectivity index is 1.50. The van der Waals surface area contributed by atoms with Crippen molar-refractivity contribution < 1.29 is 14.3 Å². The molecule has 0 saturated heterocycles. The maximum Gasteiger partial charge on any atom is 0.221 e. The summed E-state index contributed by atoms with van der Waals surface area (Å²) in [5, 5.41) is 12.0. The van der Waals surface area contributed by atoms with E-state index in [1.54, 1.807) is 18.2 Å². The number of Topliss-reactive ketones (excluding diaryl/α,β-unsaturated/α-hetero) is 1. The van der Waals surface area contributed by atoms with E-state index in [0.29, 0.717) is 28.1 Å². The van der Waals surface area contributed by atoms with Crippen molar-refractivity contribution in [2.24, 2.45) is 5.41 Å². The van der Waals surface area contributed by atoms with Gasteiger partial charge in [0.05, 0.1) is 29.9 Å². The molecule has 1 saturated carbocycles. The zero-order valence-corrected chi connectivity index (χ0v) is 18.7. The number of carbonyl (C=O) groups excluding carboxylic acids is 2. The van der Waals surface area contributed by atoms with Crippen LogP contribution < -0.4 is 10.1 Å². The molecule has 30 heavy (non-hydrogen) atoms. The summed E-state index contributed by atoms with van der Waals surface area (Å²) < 4.78 is 5.24. The Morgan fingerprint density at radius 2 is 2.03 bits per heavy atom. The molecule has 1 aromatic carbocycles. The third kappa shape index (κ3) is 3.17. The van der Waals surface area contributed by atoms with Crippen LogP contribution in [0.4, 0.5) is 5.69 Å². The lowest BCUT2D eigenvalue weighted by molar-refractivity contribution is -0.114. The van der Waals surface area contributed by atoms with Gasteiger partial charge in [0.15, 0.2) is 5.78 Å². The molecular weight excluding hydrogens is 400 g/mol. The Morgan fingerprint density at radius 3 is 2.73 bits per heavy atom. The van der Waals surface area contributed by atoms with E-state index in [9.17, 15) is 9.59 Å². The Hall–Kier alpha value is -2.48. The van der Waals surface area contributed by atoms with Crippen LogP contribution in [0.15, 0.2) is 23.4 Å². The molecule has 7 nitrogen and oxygen atoms in total. The average Bonchev–Trinajstić information content (AvgIpc) is 3.04. The van der Waals surface area contributed by atoms with Crippen molar-refractivity contribution in [3.8, 4) is 5.75 Å². The minimum atomic E-state index is -0.226. The van der Waals surface area contributed by atoms with Gasteiger partial charge in [0, 0.05) is 23.8 Å². The summed E-state index contributed by atoms with van der Waals surface area (Å²) in [6, 6.07) is 5.00. The average molecular weight is 427 g/mol. The lowest BCUT2D eigenvalue weighted by Crippen LogP contribution is -2.32. The first-order valence-electron chi connectivity index (χ1n) is 10.0. The van der Waals surface area contributed by atoms with Crippen molar-refractivity contribution in [3.63, 3.8) is 0 Å². The first kappa shape index (κ1) is 20.8. The minimum Gasteiger partial charge on any atom is -0.495 e. The summed E-state index contributed by atoms with van der Waals surface area (Å²) in [5.74, 6) is 0.800. The number of fused-ring (bicyclic) bond motifs is 5. The minimum absolute atomic E-state index is 0.00546. The molecule has 8 heteroatoms. The zero-order valence-electron chi connectivity index (χ0n) is 17.9. The van der Waals surface area contributed by atoms with E-state index in [0.717, 1.165) is 24.2 Å². The fourth-order valence-corrected chi connectivity index (χ4v) is 5.49. The summed E-state index contributed by atoms with van der Waals surface area (Å²) in [6.45, 7) is 8.27. The molecule has 1 amide bonds. The number of carbonyl (C=O) groups is 2. The Bertz CT molecular complexity index is 1040. The van der Waals surface area contributed by atoms with Crippen LogP contribution in [0.25, 0.3) is 0 Å². The number of nitrogens with one attached hydrogen (secondary N) is 1. The lowest BCUT2D eigenvalue weighted by atomic mass is 9.70. The van der Waals surface area contributed by atoms with Crippen molar-refractivity contribution in [2.75, 3.05) is 18.2 Å². The van der Waals surface area contributed by atoms with Gasteiger partial charge in [0.25, 0.3) is 0 Å². The number of hydrogen-bond donors (Lipinski definition) is 1. The second kappa shape index (κ2) is 7.34. The number of methoxy groups -OCH3 is 1. The van der Waals surface area contributed by atoms with Crippen LogP contribution in [0.3, 0.4) is 0 Å². The highest BCUT2D eigenvalue weighted by atomic mass is 32.2. The van der Waals surface area contributed by atoms with Crippen LogP contribution in [-0.4, -0.2) is 39.7 Å². The number of thioether (sulfide) groups is 1. The largest absolute Gasteiger partial charge is 0.495 e. The molecule has 0 spiro atoms. The summed E-state index contributed by atoms with van der Waals surface area (Å²) in [4.78, 5) is 29.0. The maximum absolute atomic E-state index is 12.7. The number of nitrogens with zero attached hydrogens (tertiary/aromatic N) is 3. The maximum atomic E-state index is 12.7. The molecule has 158 valence electrons. The van der Waals surface area contributed by atoms with Gasteiger partial charge in [0.1, 0.15) is 5.75 Å². The van der Waals surface area contributed by atoms with Crippen LogP contribution in [0.1, 0.15) is 68.2 Å². The number of benzene rings is 1. The summed E-state index contributed by atoms with van der Waals surface area (Å²) in [5.41, 5.74) is 3.17. The quantitative estimate of drug-likeness (QED) is 0.551. The zero-order chi connectivity index (χ0) is 21.7. The third-order valence-electron chi connectivity index (χ3n) is 6.94. The first-order valence-corrected chi connectivity index (χ1v) is 11.0. The highest BCUT2D eigenvalue weighted by molar-refractivity contribution is 7.99. The van der Waals surface area contributed by atoms with Gasteiger partial charge in [-0.3, -0.25) is 9.59 Å². The molecule has 2 unspecified atom stereocenters. The fourth-order valence-electron chi connectivity index (χ4n) is 4.81. The van der Waals surface area contributed by atoms with Crippen molar-refractivity contribution >= 4 is 29.1 Å². The molecular formula is C22H26N4O3S. The Morgan fingerprint density at radius 1 is 1.27 bits per heavy atom. The van der Waals surface area contributed by atoms with Crippen molar-refractivity contribution in [3.05, 3.63) is 35.2 Å². The summed E-state index contributed by atoms with van der Waals surface area (Å²) in [6.07, 6.45) is 2.24. The number of ether oxygens (including phenoxy) is 1. The highest BCUT2D eigenvalue weighted by Crippen LogP contribution is 2.66. The number of aromatic nitrogens is 3. The van der Waals surface area contributed by atoms with Crippen LogP contribution in [0, 0.1) is 5.41 Å². The van der Waals surface area contributed by atoms with Crippen LogP contribution >= 0.6 is 11.8 Å². The third-order valence-corrected chi connectivity index (χ3v) is 7.77. The van der Waals surface area contributed by atoms with E-state index in [2.05, 4.69) is 36.3 Å². The lowest BCUT2D eigenvalue weighted by Gasteiger charge is -2.33. The van der Waals surface area contributed by atoms with E-state index in [1.807, 2.05) is 0 Å². The molecule has 2 aliphatic rings. The topological polar surface area (TPSA) is 94.1 Å². The predicted octanol–water partition coefficient (Wildman–Crippen LogP) is 3.99. The van der Waals surface area contributed by atoms with Crippen molar-refractivity contribution in [1.82, 2.24) is 15.2 Å². The van der Waals surface area contributed by atoms with Gasteiger partial charge < -0.3 is 10.1 Å². The number of ketones is 1. The molecule has 0 radical (unpaired) electrons. The molecule has 2 bridgehead atoms. The molecule has 2 atom stereocenters. The first-order chi connectivity index (χ1) is 14.2. The van der Waals surface area contributed by atoms with E-state index in [4.69, 9.17) is 9.72 Å². The van der Waals surface area contributed by atoms with Gasteiger partial charge in [0.2, 0.25) is 11.1 Å². The van der Waals surface area contributed by atoms with E-state index in [-0.39, 0.29) is 28.3 Å². The number of rotatable bonds is 6. The van der Waals surface area contributed by atoms with E-state index >= 15 is 0 Å². The van der Waals surface area contributed by atoms with E-state index in [1.165, 1.54) is 25.8 Å². The SMILES string of the molecule is COc1ccc(C(=O)CSc2nnc3c(n2)C2(C)CCC3C2(C)C)cc1NC(C)=O. The molecule has 1 heterocycles.